The second-order valence-electron chi connectivity index (χ2n) is 3.91. The third-order valence-electron chi connectivity index (χ3n) is 2.51. The highest BCUT2D eigenvalue weighted by Gasteiger charge is 2.30. The summed E-state index contributed by atoms with van der Waals surface area (Å²) >= 11 is 0. The highest BCUT2D eigenvalue weighted by Crippen LogP contribution is 2.23. The minimum Gasteiger partial charge on any atom is -0.406 e. The van der Waals surface area contributed by atoms with Gasteiger partial charge in [-0.25, -0.2) is 4.68 Å². The van der Waals surface area contributed by atoms with Crippen molar-refractivity contribution in [2.24, 2.45) is 0 Å². The lowest BCUT2D eigenvalue weighted by molar-refractivity contribution is -0.274. The van der Waals surface area contributed by atoms with Gasteiger partial charge < -0.3 is 10.5 Å². The number of hydrogen-bond donors (Lipinski definition) is 1. The molecule has 19 heavy (non-hydrogen) atoms. The lowest BCUT2D eigenvalue weighted by atomic mass is 10.2. The van der Waals surface area contributed by atoms with Gasteiger partial charge in [-0.15, -0.1) is 18.3 Å². The van der Waals surface area contributed by atoms with Crippen LogP contribution < -0.4 is 10.5 Å². The van der Waals surface area contributed by atoms with E-state index in [0.717, 1.165) is 5.56 Å². The molecule has 0 aliphatic carbocycles. The van der Waals surface area contributed by atoms with Crippen molar-refractivity contribution >= 4 is 5.82 Å². The van der Waals surface area contributed by atoms with Gasteiger partial charge in [0.25, 0.3) is 0 Å². The van der Waals surface area contributed by atoms with Gasteiger partial charge in [0.1, 0.15) is 5.75 Å². The van der Waals surface area contributed by atoms with Crippen LogP contribution in [0.3, 0.4) is 0 Å². The number of ether oxygens (including phenoxy) is 1. The van der Waals surface area contributed by atoms with E-state index in [9.17, 15) is 13.2 Å². The van der Waals surface area contributed by atoms with Crippen molar-refractivity contribution in [1.29, 1.82) is 0 Å². The molecule has 0 aliphatic rings. The van der Waals surface area contributed by atoms with E-state index in [4.69, 9.17) is 5.73 Å². The lowest BCUT2D eigenvalue weighted by Gasteiger charge is -2.09. The molecule has 0 spiro atoms. The summed E-state index contributed by atoms with van der Waals surface area (Å²) in [6, 6.07) is 5.55. The van der Waals surface area contributed by atoms with Crippen molar-refractivity contribution in [3.05, 3.63) is 35.5 Å². The zero-order chi connectivity index (χ0) is 14.0. The Hall–Kier alpha value is -2.25. The van der Waals surface area contributed by atoms with Crippen LogP contribution >= 0.6 is 0 Å². The zero-order valence-electron chi connectivity index (χ0n) is 9.98. The number of nitrogen functional groups attached to an aromatic ring is 1. The molecule has 0 amide bonds. The third-order valence-corrected chi connectivity index (χ3v) is 2.51. The molecular weight excluding hydrogens is 261 g/mol. The average Bonchev–Trinajstić information content (AvgIpc) is 2.62. The number of halogens is 3. The summed E-state index contributed by atoms with van der Waals surface area (Å²) in [6.45, 7) is 2.14. The highest BCUT2D eigenvalue weighted by atomic mass is 19.4. The molecule has 8 heteroatoms. The van der Waals surface area contributed by atoms with E-state index in [1.165, 1.54) is 24.3 Å². The van der Waals surface area contributed by atoms with E-state index in [1.54, 1.807) is 11.6 Å². The molecule has 102 valence electrons. The van der Waals surface area contributed by atoms with Gasteiger partial charge in [-0.2, -0.15) is 0 Å². The molecule has 1 aromatic heterocycles. The van der Waals surface area contributed by atoms with Crippen LogP contribution in [-0.4, -0.2) is 21.4 Å². The molecule has 2 rings (SSSR count). The maximum atomic E-state index is 12.0. The molecule has 0 radical (unpaired) electrons. The van der Waals surface area contributed by atoms with E-state index in [-0.39, 0.29) is 5.75 Å². The molecule has 0 saturated carbocycles. The normalized spacial score (nSPS) is 11.6. The third kappa shape index (κ3) is 3.36. The van der Waals surface area contributed by atoms with Crippen LogP contribution in [0.25, 0.3) is 0 Å². The first-order valence-corrected chi connectivity index (χ1v) is 5.35. The SMILES string of the molecule is Cc1c(N)nnn1Cc1ccc(OC(F)(F)F)cc1. The van der Waals surface area contributed by atoms with Crippen LogP contribution in [0.5, 0.6) is 5.75 Å². The summed E-state index contributed by atoms with van der Waals surface area (Å²) in [7, 11) is 0. The Labute approximate surface area is 106 Å². The van der Waals surface area contributed by atoms with Crippen molar-refractivity contribution in [3.8, 4) is 5.75 Å². The minimum atomic E-state index is -4.68. The molecule has 1 aromatic carbocycles. The first-order chi connectivity index (χ1) is 8.85. The summed E-state index contributed by atoms with van der Waals surface area (Å²) in [5.74, 6) is 0.0723. The molecule has 0 bridgehead atoms. The van der Waals surface area contributed by atoms with Gasteiger partial charge in [0.05, 0.1) is 12.2 Å². The monoisotopic (exact) mass is 272 g/mol. The first-order valence-electron chi connectivity index (χ1n) is 5.35. The van der Waals surface area contributed by atoms with E-state index < -0.39 is 6.36 Å². The predicted octanol–water partition coefficient (Wildman–Crippen LogP) is 2.12. The van der Waals surface area contributed by atoms with Gasteiger partial charge in [-0.3, -0.25) is 0 Å². The predicted molar refractivity (Wildman–Crippen MR) is 61.4 cm³/mol. The largest absolute Gasteiger partial charge is 0.573 e. The molecule has 0 unspecified atom stereocenters. The van der Waals surface area contributed by atoms with Crippen LogP contribution in [0.15, 0.2) is 24.3 Å². The Bertz CT molecular complexity index is 562. The topological polar surface area (TPSA) is 66.0 Å². The number of nitrogens with two attached hydrogens (primary N) is 1. The summed E-state index contributed by atoms with van der Waals surface area (Å²) in [5, 5.41) is 7.52. The van der Waals surface area contributed by atoms with Gasteiger partial charge in [0.2, 0.25) is 0 Å². The van der Waals surface area contributed by atoms with Crippen LogP contribution in [0.2, 0.25) is 0 Å². The number of rotatable bonds is 3. The smallest absolute Gasteiger partial charge is 0.406 e. The molecule has 0 atom stereocenters. The Kier molecular flexibility index (Phi) is 3.32. The number of aromatic nitrogens is 3. The van der Waals surface area contributed by atoms with Crippen molar-refractivity contribution in [1.82, 2.24) is 15.0 Å². The van der Waals surface area contributed by atoms with Gasteiger partial charge >= 0.3 is 6.36 Å². The molecule has 5 nitrogen and oxygen atoms in total. The fraction of sp³-hybridized carbons (Fsp3) is 0.273. The van der Waals surface area contributed by atoms with E-state index in [0.29, 0.717) is 18.1 Å². The van der Waals surface area contributed by atoms with Gasteiger partial charge in [0, 0.05) is 0 Å². The molecule has 2 aromatic rings. The minimum absolute atomic E-state index is 0.258. The number of anilines is 1. The summed E-state index contributed by atoms with van der Waals surface area (Å²) < 4.78 is 41.3. The molecule has 1 heterocycles. The standard InChI is InChI=1S/C11H11F3N4O/c1-7-10(15)16-17-18(7)6-8-2-4-9(5-3-8)19-11(12,13)14/h2-5H,6,15H2,1H3. The van der Waals surface area contributed by atoms with Crippen molar-refractivity contribution in [2.45, 2.75) is 19.8 Å². The van der Waals surface area contributed by atoms with Crippen molar-refractivity contribution in [2.75, 3.05) is 5.73 Å². The first kappa shape index (κ1) is 13.2. The van der Waals surface area contributed by atoms with Crippen LogP contribution in [0.1, 0.15) is 11.3 Å². The Morgan fingerprint density at radius 1 is 1.26 bits per heavy atom. The Balaban J connectivity index is 2.09. The molecular formula is C11H11F3N4O. The fourth-order valence-corrected chi connectivity index (χ4v) is 1.49. The van der Waals surface area contributed by atoms with Crippen LogP contribution in [0.4, 0.5) is 19.0 Å². The van der Waals surface area contributed by atoms with Crippen LogP contribution in [-0.2, 0) is 6.54 Å². The van der Waals surface area contributed by atoms with Crippen molar-refractivity contribution < 1.29 is 17.9 Å². The Morgan fingerprint density at radius 2 is 1.89 bits per heavy atom. The summed E-state index contributed by atoms with van der Waals surface area (Å²) in [6.07, 6.45) is -4.68. The Morgan fingerprint density at radius 3 is 2.37 bits per heavy atom. The quantitative estimate of drug-likeness (QED) is 0.929. The van der Waals surface area contributed by atoms with Crippen molar-refractivity contribution in [3.63, 3.8) is 0 Å². The zero-order valence-corrected chi connectivity index (χ0v) is 9.98. The van der Waals surface area contributed by atoms with E-state index >= 15 is 0 Å². The number of benzene rings is 1. The second kappa shape index (κ2) is 4.79. The maximum Gasteiger partial charge on any atom is 0.573 e. The lowest BCUT2D eigenvalue weighted by Crippen LogP contribution is -2.17. The van der Waals surface area contributed by atoms with E-state index in [2.05, 4.69) is 15.0 Å². The van der Waals surface area contributed by atoms with Gasteiger partial charge in [0.15, 0.2) is 5.82 Å². The van der Waals surface area contributed by atoms with Gasteiger partial charge in [-0.1, -0.05) is 17.3 Å². The second-order valence-corrected chi connectivity index (χ2v) is 3.91. The molecule has 0 aliphatic heterocycles. The van der Waals surface area contributed by atoms with Gasteiger partial charge in [-0.05, 0) is 24.6 Å². The molecule has 2 N–H and O–H groups in total. The maximum absolute atomic E-state index is 12.0. The average molecular weight is 272 g/mol. The molecule has 0 fully saturated rings. The fourth-order valence-electron chi connectivity index (χ4n) is 1.49. The summed E-state index contributed by atoms with van der Waals surface area (Å²) in [4.78, 5) is 0. The van der Waals surface area contributed by atoms with E-state index in [1.807, 2.05) is 0 Å². The number of hydrogen-bond acceptors (Lipinski definition) is 4. The number of nitrogens with zero attached hydrogens (tertiary/aromatic N) is 3. The number of alkyl halides is 3. The molecule has 0 saturated heterocycles. The van der Waals surface area contributed by atoms with Crippen LogP contribution in [0, 0.1) is 6.92 Å². The highest BCUT2D eigenvalue weighted by molar-refractivity contribution is 5.32. The summed E-state index contributed by atoms with van der Waals surface area (Å²) in [5.41, 5.74) is 7.02.